The standard InChI is InChI=1S/C25H19F7N2O6S/c1-15-4-2-3-5-20(15)22(36)39-13-17-7-6-16(12-33-17)21(35)34-41(37,38)19-10-8-18(9-11-19)40-14-23(26,27)24(28,29)25(30,31)32/h2-12H,13-14H2,1H3,(H,34,35). The van der Waals surface area contributed by atoms with Gasteiger partial charge in [-0.2, -0.15) is 30.7 Å². The Kier molecular flexibility index (Phi) is 8.95. The summed E-state index contributed by atoms with van der Waals surface area (Å²) in [5.74, 6) is -14.3. The van der Waals surface area contributed by atoms with E-state index in [1.54, 1.807) is 35.9 Å². The number of amides is 1. The maximum Gasteiger partial charge on any atom is 0.460 e. The number of aryl methyl sites for hydroxylation is 1. The average Bonchev–Trinajstić information content (AvgIpc) is 2.90. The molecule has 0 fully saturated rings. The molecule has 0 saturated heterocycles. The van der Waals surface area contributed by atoms with Crippen LogP contribution in [0.25, 0.3) is 0 Å². The lowest BCUT2D eigenvalue weighted by Crippen LogP contribution is -2.54. The molecule has 3 aromatic rings. The number of halogens is 7. The van der Waals surface area contributed by atoms with Crippen molar-refractivity contribution >= 4 is 21.9 Å². The number of hydrogen-bond acceptors (Lipinski definition) is 7. The number of carbonyl (C=O) groups is 2. The first-order valence-corrected chi connectivity index (χ1v) is 12.7. The molecule has 0 unspecified atom stereocenters. The highest BCUT2D eigenvalue weighted by Gasteiger charge is 2.73. The lowest BCUT2D eigenvalue weighted by atomic mass is 10.1. The Bertz CT molecular complexity index is 1510. The molecule has 220 valence electrons. The van der Waals surface area contributed by atoms with Crippen molar-refractivity contribution in [1.29, 1.82) is 0 Å². The molecule has 41 heavy (non-hydrogen) atoms. The van der Waals surface area contributed by atoms with Crippen LogP contribution in [0.1, 0.15) is 32.0 Å². The zero-order chi connectivity index (χ0) is 30.6. The summed E-state index contributed by atoms with van der Waals surface area (Å²) in [6, 6.07) is 12.2. The lowest BCUT2D eigenvalue weighted by molar-refractivity contribution is -0.358. The number of aromatic nitrogens is 1. The molecule has 0 bridgehead atoms. The summed E-state index contributed by atoms with van der Waals surface area (Å²) < 4.78 is 126. The van der Waals surface area contributed by atoms with E-state index in [0.717, 1.165) is 30.5 Å². The van der Waals surface area contributed by atoms with E-state index in [2.05, 4.69) is 9.72 Å². The van der Waals surface area contributed by atoms with Crippen LogP contribution in [-0.2, 0) is 21.4 Å². The van der Waals surface area contributed by atoms with Gasteiger partial charge in [-0.05, 0) is 55.0 Å². The molecule has 8 nitrogen and oxygen atoms in total. The summed E-state index contributed by atoms with van der Waals surface area (Å²) in [6.07, 6.45) is -5.50. The number of hydrogen-bond donors (Lipinski definition) is 1. The number of nitrogens with one attached hydrogen (secondary N) is 1. The Morgan fingerprint density at radius 3 is 2.10 bits per heavy atom. The molecule has 0 aliphatic heterocycles. The molecule has 0 aliphatic carbocycles. The highest BCUT2D eigenvalue weighted by molar-refractivity contribution is 7.90. The zero-order valence-corrected chi connectivity index (χ0v) is 21.5. The number of esters is 1. The summed E-state index contributed by atoms with van der Waals surface area (Å²) in [7, 11) is -4.55. The van der Waals surface area contributed by atoms with Gasteiger partial charge in [-0.3, -0.25) is 9.78 Å². The van der Waals surface area contributed by atoms with Crippen LogP contribution in [0.3, 0.4) is 0 Å². The van der Waals surface area contributed by atoms with E-state index >= 15 is 0 Å². The van der Waals surface area contributed by atoms with Gasteiger partial charge in [0.25, 0.3) is 15.9 Å². The molecule has 1 N–H and O–H groups in total. The molecule has 0 atom stereocenters. The molecular formula is C25H19F7N2O6S. The summed E-state index contributed by atoms with van der Waals surface area (Å²) in [5, 5.41) is 0. The van der Waals surface area contributed by atoms with Gasteiger partial charge in [0, 0.05) is 6.20 Å². The van der Waals surface area contributed by atoms with Gasteiger partial charge in [0.05, 0.1) is 21.7 Å². The Morgan fingerprint density at radius 2 is 1.54 bits per heavy atom. The van der Waals surface area contributed by atoms with Crippen molar-refractivity contribution in [3.05, 3.63) is 89.2 Å². The third-order valence-electron chi connectivity index (χ3n) is 5.40. The molecule has 1 amide bonds. The second-order valence-corrected chi connectivity index (χ2v) is 10.1. The van der Waals surface area contributed by atoms with Crippen LogP contribution in [0.4, 0.5) is 30.7 Å². The first-order valence-electron chi connectivity index (χ1n) is 11.2. The van der Waals surface area contributed by atoms with Crippen LogP contribution in [0, 0.1) is 6.92 Å². The highest BCUT2D eigenvalue weighted by atomic mass is 32.2. The van der Waals surface area contributed by atoms with Crippen molar-refractivity contribution in [1.82, 2.24) is 9.71 Å². The first kappa shape index (κ1) is 31.3. The number of alkyl halides is 7. The number of nitrogens with zero attached hydrogens (tertiary/aromatic N) is 1. The normalized spacial score (nSPS) is 12.5. The van der Waals surface area contributed by atoms with Crippen molar-refractivity contribution in [2.45, 2.75) is 36.4 Å². The van der Waals surface area contributed by atoms with Gasteiger partial charge in [0.15, 0.2) is 6.61 Å². The van der Waals surface area contributed by atoms with Gasteiger partial charge in [0.2, 0.25) is 0 Å². The maximum atomic E-state index is 13.4. The van der Waals surface area contributed by atoms with Crippen LogP contribution >= 0.6 is 0 Å². The summed E-state index contributed by atoms with van der Waals surface area (Å²) in [4.78, 5) is 27.9. The van der Waals surface area contributed by atoms with Gasteiger partial charge in [-0.1, -0.05) is 18.2 Å². The largest absolute Gasteiger partial charge is 0.487 e. The third-order valence-corrected chi connectivity index (χ3v) is 6.75. The van der Waals surface area contributed by atoms with E-state index in [4.69, 9.17) is 4.74 Å². The number of carbonyl (C=O) groups excluding carboxylic acids is 2. The van der Waals surface area contributed by atoms with Crippen molar-refractivity contribution < 1.29 is 58.2 Å². The number of sulfonamides is 1. The molecule has 2 aromatic carbocycles. The minimum absolute atomic E-state index is 0.199. The summed E-state index contributed by atoms with van der Waals surface area (Å²) in [5.41, 5.74) is 1.11. The van der Waals surface area contributed by atoms with E-state index < -0.39 is 57.2 Å². The molecule has 1 heterocycles. The van der Waals surface area contributed by atoms with E-state index in [1.165, 1.54) is 12.1 Å². The average molecular weight is 608 g/mol. The van der Waals surface area contributed by atoms with Crippen molar-refractivity contribution in [2.24, 2.45) is 0 Å². The number of benzene rings is 2. The zero-order valence-electron chi connectivity index (χ0n) is 20.7. The van der Waals surface area contributed by atoms with E-state index in [1.807, 2.05) is 0 Å². The van der Waals surface area contributed by atoms with Gasteiger partial charge >= 0.3 is 24.0 Å². The monoisotopic (exact) mass is 608 g/mol. The Hall–Kier alpha value is -4.21. The smallest absolute Gasteiger partial charge is 0.460 e. The number of pyridine rings is 1. The van der Waals surface area contributed by atoms with Gasteiger partial charge in [-0.15, -0.1) is 0 Å². The Labute approximate surface area is 228 Å². The topological polar surface area (TPSA) is 112 Å². The minimum Gasteiger partial charge on any atom is -0.487 e. The molecule has 0 aliphatic rings. The van der Waals surface area contributed by atoms with Crippen molar-refractivity contribution in [2.75, 3.05) is 6.61 Å². The number of ether oxygens (including phenoxy) is 2. The van der Waals surface area contributed by atoms with Gasteiger partial charge in [0.1, 0.15) is 12.4 Å². The van der Waals surface area contributed by atoms with E-state index in [-0.39, 0.29) is 17.9 Å². The molecule has 16 heteroatoms. The Balaban J connectivity index is 1.58. The molecular weight excluding hydrogens is 589 g/mol. The molecule has 1 aromatic heterocycles. The number of rotatable bonds is 10. The SMILES string of the molecule is Cc1ccccc1C(=O)OCc1ccc(C(=O)NS(=O)(=O)c2ccc(OCC(F)(F)C(F)(F)C(F)(F)F)cc2)cn1. The third kappa shape index (κ3) is 7.31. The van der Waals surface area contributed by atoms with Crippen LogP contribution < -0.4 is 9.46 Å². The summed E-state index contributed by atoms with van der Waals surface area (Å²) in [6.45, 7) is -0.857. The summed E-state index contributed by atoms with van der Waals surface area (Å²) >= 11 is 0. The first-order chi connectivity index (χ1) is 18.9. The predicted molar refractivity (Wildman–Crippen MR) is 127 cm³/mol. The van der Waals surface area contributed by atoms with E-state index in [9.17, 15) is 48.7 Å². The molecule has 0 radical (unpaired) electrons. The quantitative estimate of drug-likeness (QED) is 0.253. The molecule has 3 rings (SSSR count). The Morgan fingerprint density at radius 1 is 0.902 bits per heavy atom. The van der Waals surface area contributed by atoms with Crippen LogP contribution in [0.5, 0.6) is 5.75 Å². The van der Waals surface area contributed by atoms with Crippen LogP contribution in [0.15, 0.2) is 71.8 Å². The fraction of sp³-hybridized carbons (Fsp3) is 0.240. The van der Waals surface area contributed by atoms with Crippen molar-refractivity contribution in [3.8, 4) is 5.75 Å². The highest BCUT2D eigenvalue weighted by Crippen LogP contribution is 2.46. The van der Waals surface area contributed by atoms with Gasteiger partial charge in [-0.25, -0.2) is 17.9 Å². The van der Waals surface area contributed by atoms with Crippen LogP contribution in [0.2, 0.25) is 0 Å². The van der Waals surface area contributed by atoms with E-state index in [0.29, 0.717) is 11.1 Å². The van der Waals surface area contributed by atoms with Crippen LogP contribution in [-0.4, -0.2) is 49.9 Å². The maximum absolute atomic E-state index is 13.4. The fourth-order valence-corrected chi connectivity index (χ4v) is 4.06. The second kappa shape index (κ2) is 11.7. The minimum atomic E-state index is -6.53. The molecule has 0 saturated carbocycles. The molecule has 0 spiro atoms. The lowest BCUT2D eigenvalue weighted by Gasteiger charge is -2.27. The second-order valence-electron chi connectivity index (χ2n) is 8.40. The van der Waals surface area contributed by atoms with Crippen molar-refractivity contribution in [3.63, 3.8) is 0 Å². The predicted octanol–water partition coefficient (Wildman–Crippen LogP) is 5.08. The fourth-order valence-electron chi connectivity index (χ4n) is 3.09. The van der Waals surface area contributed by atoms with Gasteiger partial charge < -0.3 is 9.47 Å².